The minimum Gasteiger partial charge on any atom is -0.370 e. The topological polar surface area (TPSA) is 64.6 Å². The second-order valence-electron chi connectivity index (χ2n) is 7.56. The summed E-state index contributed by atoms with van der Waals surface area (Å²) in [5.74, 6) is 1.01. The molecule has 140 valence electrons. The highest BCUT2D eigenvalue weighted by Gasteiger charge is 2.26. The van der Waals surface area contributed by atoms with Crippen LogP contribution in [-0.4, -0.2) is 35.3 Å². The number of nitrogens with one attached hydrogen (secondary N) is 1. The predicted molar refractivity (Wildman–Crippen MR) is 103 cm³/mol. The van der Waals surface area contributed by atoms with Gasteiger partial charge in [0.2, 0.25) is 11.5 Å². The Morgan fingerprint density at radius 3 is 2.00 bits per heavy atom. The fraction of sp³-hybridized carbons (Fsp3) is 0.632. The van der Waals surface area contributed by atoms with Crippen molar-refractivity contribution in [2.75, 3.05) is 36.0 Å². The quantitative estimate of drug-likeness (QED) is 0.804. The number of fused-ring (bicyclic) bond motifs is 1. The fourth-order valence-corrected chi connectivity index (χ4v) is 4.27. The van der Waals surface area contributed by atoms with Crippen LogP contribution in [0, 0.1) is 0 Å². The molecule has 0 aromatic carbocycles. The standard InChI is InChI=1S/C19H27N5O2/c1-21-17-16(18(25)22(2)19(21)26)14(23-9-5-3-6-10-23)13-15(20-17)24-11-7-4-8-12-24/h13H,3-12H2,1-2H3/p+1. The molecular formula is C19H28N5O2+. The average molecular weight is 358 g/mol. The number of rotatable bonds is 2. The van der Waals surface area contributed by atoms with Crippen molar-refractivity contribution in [2.24, 2.45) is 14.1 Å². The van der Waals surface area contributed by atoms with Gasteiger partial charge in [0.1, 0.15) is 5.39 Å². The van der Waals surface area contributed by atoms with Crippen LogP contribution >= 0.6 is 0 Å². The molecular weight excluding hydrogens is 330 g/mol. The van der Waals surface area contributed by atoms with Crippen molar-refractivity contribution in [3.05, 3.63) is 26.9 Å². The van der Waals surface area contributed by atoms with E-state index in [1.165, 1.54) is 30.3 Å². The lowest BCUT2D eigenvalue weighted by Crippen LogP contribution is -2.42. The van der Waals surface area contributed by atoms with Crippen molar-refractivity contribution >= 4 is 22.5 Å². The number of H-pyrrole nitrogens is 1. The zero-order chi connectivity index (χ0) is 18.3. The molecule has 0 aliphatic carbocycles. The van der Waals surface area contributed by atoms with Gasteiger partial charge in [0.05, 0.1) is 25.8 Å². The van der Waals surface area contributed by atoms with Gasteiger partial charge in [-0.15, -0.1) is 0 Å². The van der Waals surface area contributed by atoms with Crippen molar-refractivity contribution in [2.45, 2.75) is 38.5 Å². The highest BCUT2D eigenvalue weighted by molar-refractivity contribution is 5.88. The summed E-state index contributed by atoms with van der Waals surface area (Å²) in [7, 11) is 3.29. The zero-order valence-corrected chi connectivity index (χ0v) is 15.8. The molecule has 7 nitrogen and oxygen atoms in total. The van der Waals surface area contributed by atoms with Gasteiger partial charge in [-0.1, -0.05) is 0 Å². The van der Waals surface area contributed by atoms with E-state index < -0.39 is 0 Å². The highest BCUT2D eigenvalue weighted by atomic mass is 16.2. The van der Waals surface area contributed by atoms with E-state index in [0.717, 1.165) is 50.5 Å². The van der Waals surface area contributed by atoms with Crippen LogP contribution in [0.2, 0.25) is 0 Å². The molecule has 2 aromatic rings. The van der Waals surface area contributed by atoms with Gasteiger partial charge in [0, 0.05) is 26.2 Å². The number of hydrogen-bond acceptors (Lipinski definition) is 4. The number of aromatic nitrogens is 3. The van der Waals surface area contributed by atoms with Crippen LogP contribution in [0.4, 0.5) is 11.5 Å². The number of hydrogen-bond donors (Lipinski definition) is 0. The summed E-state index contributed by atoms with van der Waals surface area (Å²) < 4.78 is 2.78. The van der Waals surface area contributed by atoms with Crippen molar-refractivity contribution in [1.29, 1.82) is 0 Å². The van der Waals surface area contributed by atoms with Gasteiger partial charge in [0.25, 0.3) is 5.56 Å². The van der Waals surface area contributed by atoms with E-state index in [9.17, 15) is 9.59 Å². The number of pyridine rings is 1. The monoisotopic (exact) mass is 358 g/mol. The molecule has 0 unspecified atom stereocenters. The molecule has 0 spiro atoms. The van der Waals surface area contributed by atoms with E-state index >= 15 is 0 Å². The number of piperidine rings is 2. The van der Waals surface area contributed by atoms with Crippen LogP contribution < -0.4 is 26.0 Å². The second-order valence-corrected chi connectivity index (χ2v) is 7.56. The molecule has 2 aromatic heterocycles. The van der Waals surface area contributed by atoms with E-state index in [2.05, 4.69) is 20.9 Å². The maximum absolute atomic E-state index is 12.9. The number of aryl methyl sites for hydroxylation is 1. The minimum atomic E-state index is -0.292. The minimum absolute atomic E-state index is 0.217. The van der Waals surface area contributed by atoms with Gasteiger partial charge in [-0.25, -0.2) is 18.9 Å². The van der Waals surface area contributed by atoms with Gasteiger partial charge in [-0.05, 0) is 38.5 Å². The van der Waals surface area contributed by atoms with Crippen LogP contribution in [0.5, 0.6) is 0 Å². The molecule has 0 amide bonds. The van der Waals surface area contributed by atoms with E-state index in [4.69, 9.17) is 0 Å². The van der Waals surface area contributed by atoms with Crippen LogP contribution in [-0.2, 0) is 14.1 Å². The Hall–Kier alpha value is -2.31. The summed E-state index contributed by atoms with van der Waals surface area (Å²) in [5, 5.41) is 0.622. The third kappa shape index (κ3) is 2.79. The molecule has 2 aliphatic heterocycles. The van der Waals surface area contributed by atoms with Crippen LogP contribution in [0.3, 0.4) is 0 Å². The normalized spacial score (nSPS) is 18.5. The first-order valence-corrected chi connectivity index (χ1v) is 9.74. The first kappa shape index (κ1) is 17.1. The summed E-state index contributed by atoms with van der Waals surface area (Å²) in [4.78, 5) is 33.5. The number of aromatic amines is 1. The van der Waals surface area contributed by atoms with E-state index in [1.54, 1.807) is 18.7 Å². The third-order valence-corrected chi connectivity index (χ3v) is 5.83. The van der Waals surface area contributed by atoms with E-state index in [-0.39, 0.29) is 11.2 Å². The van der Waals surface area contributed by atoms with Gasteiger partial charge >= 0.3 is 5.69 Å². The maximum atomic E-state index is 12.9. The molecule has 0 radical (unpaired) electrons. The van der Waals surface area contributed by atoms with Gasteiger partial charge in [-0.2, -0.15) is 0 Å². The SMILES string of the molecule is Cn1c(=O)c2c(N3CCCCC3)cc(N3CCCCC3)[nH+]c2n(C)c1=O. The van der Waals surface area contributed by atoms with Gasteiger partial charge < -0.3 is 4.90 Å². The fourth-order valence-electron chi connectivity index (χ4n) is 4.27. The summed E-state index contributed by atoms with van der Waals surface area (Å²) in [5.41, 5.74) is 1.08. The van der Waals surface area contributed by atoms with Gasteiger partial charge in [0.15, 0.2) is 0 Å². The largest absolute Gasteiger partial charge is 0.388 e. The molecule has 7 heteroatoms. The van der Waals surface area contributed by atoms with Crippen LogP contribution in [0.1, 0.15) is 38.5 Å². The molecule has 26 heavy (non-hydrogen) atoms. The Morgan fingerprint density at radius 1 is 0.808 bits per heavy atom. The Balaban J connectivity index is 1.98. The lowest BCUT2D eigenvalue weighted by Gasteiger charge is -2.30. The molecule has 0 saturated carbocycles. The molecule has 0 atom stereocenters. The first-order chi connectivity index (χ1) is 12.6. The molecule has 0 bridgehead atoms. The summed E-state index contributed by atoms with van der Waals surface area (Å²) in [6, 6.07) is 2.13. The number of anilines is 2. The lowest BCUT2D eigenvalue weighted by molar-refractivity contribution is -0.335. The summed E-state index contributed by atoms with van der Waals surface area (Å²) in [6.07, 6.45) is 7.16. The third-order valence-electron chi connectivity index (χ3n) is 5.83. The second kappa shape index (κ2) is 6.78. The van der Waals surface area contributed by atoms with Crippen molar-refractivity contribution < 1.29 is 4.98 Å². The van der Waals surface area contributed by atoms with Crippen molar-refractivity contribution in [3.8, 4) is 0 Å². The Labute approximate surface area is 152 Å². The molecule has 4 heterocycles. The van der Waals surface area contributed by atoms with Crippen molar-refractivity contribution in [3.63, 3.8) is 0 Å². The highest BCUT2D eigenvalue weighted by Crippen LogP contribution is 2.28. The average Bonchev–Trinajstić information content (AvgIpc) is 2.71. The molecule has 2 fully saturated rings. The van der Waals surface area contributed by atoms with Crippen molar-refractivity contribution in [1.82, 2.24) is 9.13 Å². The smallest absolute Gasteiger partial charge is 0.370 e. The van der Waals surface area contributed by atoms with Crippen LogP contribution in [0.15, 0.2) is 15.7 Å². The molecule has 2 saturated heterocycles. The molecule has 2 aliphatic rings. The summed E-state index contributed by atoms with van der Waals surface area (Å²) >= 11 is 0. The molecule has 1 N–H and O–H groups in total. The predicted octanol–water partition coefficient (Wildman–Crippen LogP) is 1.03. The maximum Gasteiger partial charge on any atom is 0.388 e. The lowest BCUT2D eigenvalue weighted by atomic mass is 10.1. The Kier molecular flexibility index (Phi) is 4.46. The van der Waals surface area contributed by atoms with E-state index in [1.807, 2.05) is 0 Å². The molecule has 4 rings (SSSR count). The first-order valence-electron chi connectivity index (χ1n) is 9.74. The van der Waals surface area contributed by atoms with E-state index in [0.29, 0.717) is 11.0 Å². The van der Waals surface area contributed by atoms with Crippen LogP contribution in [0.25, 0.3) is 11.0 Å². The Bertz CT molecular complexity index is 934. The number of nitrogens with zero attached hydrogens (tertiary/aromatic N) is 4. The van der Waals surface area contributed by atoms with Gasteiger partial charge in [-0.3, -0.25) is 9.69 Å². The summed E-state index contributed by atoms with van der Waals surface area (Å²) in [6.45, 7) is 3.95. The zero-order valence-electron chi connectivity index (χ0n) is 15.8. The Morgan fingerprint density at radius 2 is 1.38 bits per heavy atom.